The lowest BCUT2D eigenvalue weighted by atomic mass is 9.76. The van der Waals surface area contributed by atoms with E-state index >= 15 is 0 Å². The molecule has 0 aromatic heterocycles. The molecule has 1 aromatic carbocycles. The summed E-state index contributed by atoms with van der Waals surface area (Å²) in [4.78, 5) is 0. The van der Waals surface area contributed by atoms with Crippen molar-refractivity contribution in [2.24, 2.45) is 5.73 Å². The summed E-state index contributed by atoms with van der Waals surface area (Å²) >= 11 is 0. The predicted octanol–water partition coefficient (Wildman–Crippen LogP) is 4.53. The number of unbranched alkanes of at least 4 members (excludes halogenated alkanes) is 1. The van der Waals surface area contributed by atoms with E-state index in [9.17, 15) is 0 Å². The van der Waals surface area contributed by atoms with E-state index in [0.29, 0.717) is 0 Å². The van der Waals surface area contributed by atoms with Crippen molar-refractivity contribution in [1.82, 2.24) is 0 Å². The molecule has 2 N–H and O–H groups in total. The Labute approximate surface area is 118 Å². The van der Waals surface area contributed by atoms with E-state index in [-0.39, 0.29) is 5.41 Å². The zero-order valence-corrected chi connectivity index (χ0v) is 12.8. The number of rotatable bonds is 5. The molecule has 1 saturated carbocycles. The lowest BCUT2D eigenvalue weighted by Crippen LogP contribution is -2.15. The van der Waals surface area contributed by atoms with Gasteiger partial charge < -0.3 is 5.73 Å². The molecule has 0 unspecified atom stereocenters. The van der Waals surface area contributed by atoms with Gasteiger partial charge in [-0.2, -0.15) is 0 Å². The summed E-state index contributed by atoms with van der Waals surface area (Å²) < 4.78 is 0. The molecule has 1 aliphatic rings. The van der Waals surface area contributed by atoms with E-state index in [2.05, 4.69) is 39.0 Å². The topological polar surface area (TPSA) is 26.0 Å². The average molecular weight is 259 g/mol. The Morgan fingerprint density at radius 1 is 1.11 bits per heavy atom. The Morgan fingerprint density at radius 3 is 2.37 bits per heavy atom. The minimum Gasteiger partial charge on any atom is -0.330 e. The second-order valence-corrected chi connectivity index (χ2v) is 7.09. The fraction of sp³-hybridized carbons (Fsp3) is 0.667. The lowest BCUT2D eigenvalue weighted by Gasteiger charge is -2.29. The van der Waals surface area contributed by atoms with Gasteiger partial charge in [-0.3, -0.25) is 0 Å². The van der Waals surface area contributed by atoms with Gasteiger partial charge in [0.25, 0.3) is 0 Å². The largest absolute Gasteiger partial charge is 0.330 e. The van der Waals surface area contributed by atoms with Gasteiger partial charge in [-0.05, 0) is 66.7 Å². The minimum absolute atomic E-state index is 0.252. The van der Waals surface area contributed by atoms with E-state index < -0.39 is 0 Å². The first-order valence-corrected chi connectivity index (χ1v) is 7.85. The Hall–Kier alpha value is -0.820. The highest BCUT2D eigenvalue weighted by Crippen LogP contribution is 2.38. The number of hydrogen-bond acceptors (Lipinski definition) is 1. The van der Waals surface area contributed by atoms with Crippen LogP contribution in [0.5, 0.6) is 0 Å². The Balaban J connectivity index is 2.21. The molecular formula is C18H29N. The summed E-state index contributed by atoms with van der Waals surface area (Å²) in [6.07, 6.45) is 7.71. The summed E-state index contributed by atoms with van der Waals surface area (Å²) in [5.74, 6) is 0.829. The van der Waals surface area contributed by atoms with Crippen LogP contribution >= 0.6 is 0 Å². The van der Waals surface area contributed by atoms with Crippen LogP contribution in [0.25, 0.3) is 0 Å². The van der Waals surface area contributed by atoms with Crippen LogP contribution in [0, 0.1) is 0 Å². The molecule has 1 aromatic rings. The predicted molar refractivity (Wildman–Crippen MR) is 83.7 cm³/mol. The molecule has 106 valence electrons. The molecule has 0 heterocycles. The van der Waals surface area contributed by atoms with Gasteiger partial charge in [0.2, 0.25) is 0 Å². The van der Waals surface area contributed by atoms with Crippen molar-refractivity contribution in [2.45, 2.75) is 70.6 Å². The number of nitrogens with two attached hydrogens (primary N) is 1. The first-order chi connectivity index (χ1) is 9.00. The monoisotopic (exact) mass is 259 g/mol. The van der Waals surface area contributed by atoms with Crippen molar-refractivity contribution >= 4 is 0 Å². The van der Waals surface area contributed by atoms with Gasteiger partial charge in [0.05, 0.1) is 0 Å². The first kappa shape index (κ1) is 14.6. The fourth-order valence-corrected chi connectivity index (χ4v) is 2.75. The summed E-state index contributed by atoms with van der Waals surface area (Å²) in [7, 11) is 0. The average Bonchev–Trinajstić information content (AvgIpc) is 2.25. The molecule has 1 aliphatic carbocycles. The van der Waals surface area contributed by atoms with Gasteiger partial charge in [0, 0.05) is 0 Å². The van der Waals surface area contributed by atoms with Crippen LogP contribution in [0.3, 0.4) is 0 Å². The summed E-state index contributed by atoms with van der Waals surface area (Å²) in [6, 6.07) is 7.32. The highest BCUT2D eigenvalue weighted by molar-refractivity contribution is 5.36. The van der Waals surface area contributed by atoms with Gasteiger partial charge in [-0.15, -0.1) is 0 Å². The number of aryl methyl sites for hydroxylation is 1. The van der Waals surface area contributed by atoms with E-state index in [1.807, 2.05) is 0 Å². The smallest absolute Gasteiger partial charge is 0.00772 e. The van der Waals surface area contributed by atoms with Gasteiger partial charge >= 0.3 is 0 Å². The van der Waals surface area contributed by atoms with E-state index in [4.69, 9.17) is 5.73 Å². The zero-order valence-electron chi connectivity index (χ0n) is 12.8. The molecular weight excluding hydrogens is 230 g/mol. The SMILES string of the molecule is CC(C)(C)c1cc(CCCCN)cc(C2CCC2)c1. The molecule has 1 nitrogen and oxygen atoms in total. The van der Waals surface area contributed by atoms with Crippen LogP contribution in [0.4, 0.5) is 0 Å². The van der Waals surface area contributed by atoms with Gasteiger partial charge in [0.1, 0.15) is 0 Å². The highest BCUT2D eigenvalue weighted by atomic mass is 14.5. The maximum absolute atomic E-state index is 5.60. The van der Waals surface area contributed by atoms with Crippen LogP contribution < -0.4 is 5.73 Å². The van der Waals surface area contributed by atoms with Crippen molar-refractivity contribution in [2.75, 3.05) is 6.54 Å². The van der Waals surface area contributed by atoms with E-state index in [1.54, 1.807) is 5.56 Å². The molecule has 19 heavy (non-hydrogen) atoms. The van der Waals surface area contributed by atoms with Crippen LogP contribution in [-0.2, 0) is 11.8 Å². The molecule has 0 aliphatic heterocycles. The molecule has 1 heteroatoms. The van der Waals surface area contributed by atoms with Crippen LogP contribution in [-0.4, -0.2) is 6.54 Å². The highest BCUT2D eigenvalue weighted by Gasteiger charge is 2.22. The summed E-state index contributed by atoms with van der Waals surface area (Å²) in [5, 5.41) is 0. The molecule has 0 radical (unpaired) electrons. The zero-order chi connectivity index (χ0) is 13.9. The first-order valence-electron chi connectivity index (χ1n) is 7.85. The molecule has 0 spiro atoms. The standard InChI is InChI=1S/C18H29N/c1-18(2,3)17-12-14(7-4-5-10-19)11-16(13-17)15-8-6-9-15/h11-13,15H,4-10,19H2,1-3H3. The molecule has 2 rings (SSSR count). The maximum atomic E-state index is 5.60. The molecule has 1 fully saturated rings. The quantitative estimate of drug-likeness (QED) is 0.772. The molecule has 0 amide bonds. The Kier molecular flexibility index (Phi) is 4.67. The van der Waals surface area contributed by atoms with Crippen molar-refractivity contribution in [3.05, 3.63) is 34.9 Å². The Morgan fingerprint density at radius 2 is 1.84 bits per heavy atom. The van der Waals surface area contributed by atoms with Gasteiger partial charge in [-0.25, -0.2) is 0 Å². The third-order valence-corrected chi connectivity index (χ3v) is 4.38. The van der Waals surface area contributed by atoms with Crippen LogP contribution in [0.15, 0.2) is 18.2 Å². The van der Waals surface area contributed by atoms with Crippen molar-refractivity contribution < 1.29 is 0 Å². The number of benzene rings is 1. The fourth-order valence-electron chi connectivity index (χ4n) is 2.75. The summed E-state index contributed by atoms with van der Waals surface area (Å²) in [6.45, 7) is 7.76. The third kappa shape index (κ3) is 3.82. The second-order valence-electron chi connectivity index (χ2n) is 7.09. The van der Waals surface area contributed by atoms with E-state index in [0.717, 1.165) is 18.9 Å². The second kappa shape index (κ2) is 6.09. The lowest BCUT2D eigenvalue weighted by molar-refractivity contribution is 0.418. The normalized spacial score (nSPS) is 16.4. The summed E-state index contributed by atoms with van der Waals surface area (Å²) in [5.41, 5.74) is 10.5. The third-order valence-electron chi connectivity index (χ3n) is 4.38. The Bertz CT molecular complexity index is 410. The van der Waals surface area contributed by atoms with Gasteiger partial charge in [0.15, 0.2) is 0 Å². The number of hydrogen-bond donors (Lipinski definition) is 1. The molecule has 0 saturated heterocycles. The van der Waals surface area contributed by atoms with Crippen LogP contribution in [0.1, 0.15) is 75.5 Å². The minimum atomic E-state index is 0.252. The van der Waals surface area contributed by atoms with Gasteiger partial charge in [-0.1, -0.05) is 45.4 Å². The van der Waals surface area contributed by atoms with E-state index in [1.165, 1.54) is 43.2 Å². The molecule has 0 atom stereocenters. The molecule has 0 bridgehead atoms. The van der Waals surface area contributed by atoms with Crippen LogP contribution in [0.2, 0.25) is 0 Å². The maximum Gasteiger partial charge on any atom is -0.00772 e. The van der Waals surface area contributed by atoms with Crippen molar-refractivity contribution in [1.29, 1.82) is 0 Å². The van der Waals surface area contributed by atoms with Crippen molar-refractivity contribution in [3.63, 3.8) is 0 Å². The van der Waals surface area contributed by atoms with Crippen molar-refractivity contribution in [3.8, 4) is 0 Å².